The standard InChI is InChI=1S/C23H23ClN2O5S/c1-23(2,3)31-22(28)26-25-13-18-11-15-7-10-17(12-19(15)32-18)30-20(21(27)29-4)14-5-8-16(24)9-6-14/h5-13,20H,1-4H3,(H,26,28)/b25-13-/t20-/m1/s1. The topological polar surface area (TPSA) is 86.2 Å². The maximum absolute atomic E-state index is 12.3. The second-order valence-corrected chi connectivity index (χ2v) is 9.34. The number of ether oxygens (including phenoxy) is 3. The molecule has 0 aliphatic heterocycles. The predicted molar refractivity (Wildman–Crippen MR) is 126 cm³/mol. The smallest absolute Gasteiger partial charge is 0.428 e. The fraction of sp³-hybridized carbons (Fsp3) is 0.261. The molecule has 0 fully saturated rings. The van der Waals surface area contributed by atoms with Gasteiger partial charge in [0.15, 0.2) is 0 Å². The number of benzene rings is 2. The predicted octanol–water partition coefficient (Wildman–Crippen LogP) is 5.71. The van der Waals surface area contributed by atoms with Crippen LogP contribution in [0.15, 0.2) is 53.6 Å². The molecular formula is C23H23ClN2O5S. The van der Waals surface area contributed by atoms with Crippen LogP contribution in [0, 0.1) is 0 Å². The zero-order valence-corrected chi connectivity index (χ0v) is 19.6. The fourth-order valence-electron chi connectivity index (χ4n) is 2.75. The monoisotopic (exact) mass is 474 g/mol. The molecule has 1 atom stereocenters. The molecule has 0 radical (unpaired) electrons. The van der Waals surface area contributed by atoms with Gasteiger partial charge in [-0.25, -0.2) is 15.0 Å². The maximum atomic E-state index is 12.3. The summed E-state index contributed by atoms with van der Waals surface area (Å²) in [7, 11) is 1.31. The van der Waals surface area contributed by atoms with Crippen LogP contribution in [-0.2, 0) is 14.3 Å². The zero-order valence-electron chi connectivity index (χ0n) is 18.0. The molecule has 0 saturated heterocycles. The fourth-order valence-corrected chi connectivity index (χ4v) is 3.84. The number of carbonyl (C=O) groups is 2. The highest BCUT2D eigenvalue weighted by Gasteiger charge is 2.24. The van der Waals surface area contributed by atoms with Crippen LogP contribution < -0.4 is 10.2 Å². The number of amides is 1. The molecule has 1 heterocycles. The first-order valence-corrected chi connectivity index (χ1v) is 10.9. The van der Waals surface area contributed by atoms with Crippen LogP contribution in [0.4, 0.5) is 4.79 Å². The Labute approximate surface area is 194 Å². The Bertz CT molecular complexity index is 1140. The minimum Gasteiger partial charge on any atom is -0.474 e. The van der Waals surface area contributed by atoms with E-state index in [0.29, 0.717) is 16.3 Å². The number of hydrazone groups is 1. The Morgan fingerprint density at radius 1 is 1.12 bits per heavy atom. The minimum atomic E-state index is -0.922. The highest BCUT2D eigenvalue weighted by atomic mass is 35.5. The second-order valence-electron chi connectivity index (χ2n) is 7.79. The van der Waals surface area contributed by atoms with Crippen molar-refractivity contribution in [2.45, 2.75) is 32.5 Å². The molecule has 0 unspecified atom stereocenters. The van der Waals surface area contributed by atoms with E-state index in [1.165, 1.54) is 18.4 Å². The Balaban J connectivity index is 1.74. The SMILES string of the molecule is COC(=O)[C@H](Oc1ccc2cc(/C=N\NC(=O)OC(C)(C)C)sc2c1)c1ccc(Cl)cc1. The molecule has 1 amide bonds. The first-order chi connectivity index (χ1) is 15.1. The second kappa shape index (κ2) is 10.0. The molecule has 168 valence electrons. The lowest BCUT2D eigenvalue weighted by molar-refractivity contribution is -0.149. The number of thiophene rings is 1. The first-order valence-electron chi connectivity index (χ1n) is 9.70. The normalized spacial score (nSPS) is 12.5. The highest BCUT2D eigenvalue weighted by molar-refractivity contribution is 7.20. The van der Waals surface area contributed by atoms with Crippen molar-refractivity contribution >= 4 is 51.3 Å². The molecule has 32 heavy (non-hydrogen) atoms. The molecule has 7 nitrogen and oxygen atoms in total. The van der Waals surface area contributed by atoms with Gasteiger partial charge in [0.2, 0.25) is 6.10 Å². The van der Waals surface area contributed by atoms with E-state index >= 15 is 0 Å². The lowest BCUT2D eigenvalue weighted by Gasteiger charge is -2.18. The number of hydrogen-bond donors (Lipinski definition) is 1. The van der Waals surface area contributed by atoms with Gasteiger partial charge in [0, 0.05) is 20.2 Å². The Morgan fingerprint density at radius 2 is 1.84 bits per heavy atom. The van der Waals surface area contributed by atoms with Gasteiger partial charge in [0.1, 0.15) is 11.4 Å². The third-order valence-corrected chi connectivity index (χ3v) is 5.38. The van der Waals surface area contributed by atoms with E-state index in [1.54, 1.807) is 57.3 Å². The van der Waals surface area contributed by atoms with Crippen LogP contribution in [-0.4, -0.2) is 31.0 Å². The van der Waals surface area contributed by atoms with Gasteiger partial charge in [-0.3, -0.25) is 0 Å². The van der Waals surface area contributed by atoms with Crippen molar-refractivity contribution in [3.8, 4) is 5.75 Å². The first kappa shape index (κ1) is 23.6. The van der Waals surface area contributed by atoms with Gasteiger partial charge in [0.05, 0.1) is 13.3 Å². The number of esters is 1. The van der Waals surface area contributed by atoms with Gasteiger partial charge >= 0.3 is 12.1 Å². The maximum Gasteiger partial charge on any atom is 0.428 e. The molecule has 0 bridgehead atoms. The van der Waals surface area contributed by atoms with Crippen LogP contribution in [0.5, 0.6) is 5.75 Å². The number of nitrogens with zero attached hydrogens (tertiary/aromatic N) is 1. The van der Waals surface area contributed by atoms with Crippen LogP contribution in [0.3, 0.4) is 0 Å². The average molecular weight is 475 g/mol. The Kier molecular flexibility index (Phi) is 7.37. The third-order valence-electron chi connectivity index (χ3n) is 4.10. The number of rotatable bonds is 6. The summed E-state index contributed by atoms with van der Waals surface area (Å²) < 4.78 is 16.9. The van der Waals surface area contributed by atoms with Crippen molar-refractivity contribution in [1.82, 2.24) is 5.43 Å². The van der Waals surface area contributed by atoms with E-state index in [1.807, 2.05) is 18.2 Å². The molecule has 0 spiro atoms. The minimum absolute atomic E-state index is 0.514. The van der Waals surface area contributed by atoms with Gasteiger partial charge in [0.25, 0.3) is 0 Å². The van der Waals surface area contributed by atoms with Crippen molar-refractivity contribution in [1.29, 1.82) is 0 Å². The summed E-state index contributed by atoms with van der Waals surface area (Å²) in [4.78, 5) is 24.8. The summed E-state index contributed by atoms with van der Waals surface area (Å²) in [5.41, 5.74) is 2.38. The van der Waals surface area contributed by atoms with Crippen molar-refractivity contribution in [3.05, 3.63) is 64.0 Å². The summed E-state index contributed by atoms with van der Waals surface area (Å²) in [6.45, 7) is 5.33. The van der Waals surface area contributed by atoms with Crippen LogP contribution in [0.1, 0.15) is 37.3 Å². The summed E-state index contributed by atoms with van der Waals surface area (Å²) in [5.74, 6) is -0.000271. The van der Waals surface area contributed by atoms with E-state index in [0.717, 1.165) is 15.0 Å². The third kappa shape index (κ3) is 6.45. The number of carbonyl (C=O) groups excluding carboxylic acids is 2. The molecule has 1 aromatic heterocycles. The van der Waals surface area contributed by atoms with Gasteiger partial charge in [-0.2, -0.15) is 5.10 Å². The van der Waals surface area contributed by atoms with E-state index in [4.69, 9.17) is 25.8 Å². The molecule has 3 aromatic rings. The van der Waals surface area contributed by atoms with Crippen molar-refractivity contribution in [2.75, 3.05) is 7.11 Å². The van der Waals surface area contributed by atoms with Crippen LogP contribution in [0.2, 0.25) is 5.02 Å². The van der Waals surface area contributed by atoms with Gasteiger partial charge in [-0.1, -0.05) is 23.7 Å². The molecular weight excluding hydrogens is 452 g/mol. The molecule has 9 heteroatoms. The van der Waals surface area contributed by atoms with Gasteiger partial charge in [-0.05, 0) is 62.6 Å². The Morgan fingerprint density at radius 3 is 2.50 bits per heavy atom. The van der Waals surface area contributed by atoms with E-state index in [9.17, 15) is 9.59 Å². The van der Waals surface area contributed by atoms with Crippen molar-refractivity contribution in [3.63, 3.8) is 0 Å². The molecule has 0 aliphatic rings. The van der Waals surface area contributed by atoms with E-state index < -0.39 is 23.8 Å². The van der Waals surface area contributed by atoms with Gasteiger partial charge < -0.3 is 14.2 Å². The Hall–Kier alpha value is -3.10. The molecule has 3 rings (SSSR count). The molecule has 1 N–H and O–H groups in total. The summed E-state index contributed by atoms with van der Waals surface area (Å²) in [6.07, 6.45) is -0.00424. The van der Waals surface area contributed by atoms with E-state index in [2.05, 4.69) is 10.5 Å². The average Bonchev–Trinajstić information content (AvgIpc) is 3.13. The van der Waals surface area contributed by atoms with Crippen LogP contribution in [0.25, 0.3) is 10.1 Å². The number of nitrogens with one attached hydrogen (secondary N) is 1. The van der Waals surface area contributed by atoms with E-state index in [-0.39, 0.29) is 0 Å². The number of halogens is 1. The summed E-state index contributed by atoms with van der Waals surface area (Å²) in [6, 6.07) is 14.3. The molecule has 2 aromatic carbocycles. The number of hydrogen-bond acceptors (Lipinski definition) is 7. The number of methoxy groups -OCH3 is 1. The van der Waals surface area contributed by atoms with Crippen molar-refractivity contribution < 1.29 is 23.8 Å². The molecule has 0 aliphatic carbocycles. The lowest BCUT2D eigenvalue weighted by Crippen LogP contribution is -2.29. The summed E-state index contributed by atoms with van der Waals surface area (Å²) in [5, 5.41) is 5.47. The van der Waals surface area contributed by atoms with Gasteiger partial charge in [-0.15, -0.1) is 11.3 Å². The quantitative estimate of drug-likeness (QED) is 0.281. The summed E-state index contributed by atoms with van der Waals surface area (Å²) >= 11 is 7.40. The van der Waals surface area contributed by atoms with Crippen molar-refractivity contribution in [2.24, 2.45) is 5.10 Å². The largest absolute Gasteiger partial charge is 0.474 e. The zero-order chi connectivity index (χ0) is 23.3. The lowest BCUT2D eigenvalue weighted by atomic mass is 10.1. The van der Waals surface area contributed by atoms with Crippen LogP contribution >= 0.6 is 22.9 Å². The highest BCUT2D eigenvalue weighted by Crippen LogP contribution is 2.31. The number of fused-ring (bicyclic) bond motifs is 1. The molecule has 0 saturated carbocycles.